The molecule has 27 heavy (non-hydrogen) atoms. The predicted octanol–water partition coefficient (Wildman–Crippen LogP) is 4.08. The van der Waals surface area contributed by atoms with Crippen LogP contribution in [0.25, 0.3) is 0 Å². The molecule has 0 saturated carbocycles. The quantitative estimate of drug-likeness (QED) is 0.587. The molecule has 0 atom stereocenters. The molecule has 0 aliphatic heterocycles. The zero-order valence-electron chi connectivity index (χ0n) is 14.6. The second kappa shape index (κ2) is 9.18. The smallest absolute Gasteiger partial charge is 0.277 e. The zero-order chi connectivity index (χ0) is 19.1. The van der Waals surface area contributed by atoms with Gasteiger partial charge in [0.25, 0.3) is 11.1 Å². The Morgan fingerprint density at radius 2 is 1.96 bits per heavy atom. The van der Waals surface area contributed by atoms with Gasteiger partial charge in [0.15, 0.2) is 18.2 Å². The molecule has 6 nitrogen and oxygen atoms in total. The van der Waals surface area contributed by atoms with Gasteiger partial charge >= 0.3 is 0 Å². The van der Waals surface area contributed by atoms with Crippen molar-refractivity contribution in [2.75, 3.05) is 11.1 Å². The Morgan fingerprint density at radius 1 is 1.19 bits per heavy atom. The fourth-order valence-electron chi connectivity index (χ4n) is 2.32. The molecule has 0 spiro atoms. The van der Waals surface area contributed by atoms with E-state index in [1.807, 2.05) is 31.2 Å². The molecule has 0 bridgehead atoms. The third-order valence-corrected chi connectivity index (χ3v) is 4.45. The van der Waals surface area contributed by atoms with Gasteiger partial charge in [-0.1, -0.05) is 49.0 Å². The van der Waals surface area contributed by atoms with E-state index in [-0.39, 0.29) is 35.1 Å². The second-order valence-electron chi connectivity index (χ2n) is 5.53. The van der Waals surface area contributed by atoms with Crippen LogP contribution in [-0.2, 0) is 17.8 Å². The number of carbonyl (C=O) groups excluding carboxylic acids is 1. The maximum atomic E-state index is 13.5. The van der Waals surface area contributed by atoms with Crippen LogP contribution in [0.15, 0.2) is 58.2 Å². The Bertz CT molecular complexity index is 916. The van der Waals surface area contributed by atoms with Gasteiger partial charge in [0.05, 0.1) is 5.75 Å². The van der Waals surface area contributed by atoms with E-state index in [0.29, 0.717) is 0 Å². The number of nitrogens with zero attached hydrogens (tertiary/aromatic N) is 2. The van der Waals surface area contributed by atoms with Gasteiger partial charge in [0, 0.05) is 5.69 Å². The van der Waals surface area contributed by atoms with Crippen molar-refractivity contribution in [3.05, 3.63) is 65.8 Å². The monoisotopic (exact) mass is 387 g/mol. The van der Waals surface area contributed by atoms with Gasteiger partial charge in [-0.3, -0.25) is 4.79 Å². The summed E-state index contributed by atoms with van der Waals surface area (Å²) in [6, 6.07) is 13.7. The van der Waals surface area contributed by atoms with Crippen molar-refractivity contribution in [3.63, 3.8) is 0 Å². The fraction of sp³-hybridized carbons (Fsp3) is 0.211. The van der Waals surface area contributed by atoms with E-state index >= 15 is 0 Å². The van der Waals surface area contributed by atoms with Gasteiger partial charge in [-0.2, -0.15) is 0 Å². The summed E-state index contributed by atoms with van der Waals surface area (Å²) in [6.07, 6.45) is 0.832. The Balaban J connectivity index is 1.49. The minimum Gasteiger partial charge on any atom is -0.481 e. The van der Waals surface area contributed by atoms with E-state index in [1.165, 1.54) is 12.1 Å². The Kier molecular flexibility index (Phi) is 6.43. The van der Waals surface area contributed by atoms with Crippen molar-refractivity contribution in [3.8, 4) is 5.75 Å². The van der Waals surface area contributed by atoms with Crippen LogP contribution in [0.5, 0.6) is 5.75 Å². The maximum absolute atomic E-state index is 13.5. The van der Waals surface area contributed by atoms with E-state index in [4.69, 9.17) is 9.15 Å². The number of hydrogen-bond acceptors (Lipinski definition) is 6. The number of thioether (sulfide) groups is 1. The van der Waals surface area contributed by atoms with Crippen LogP contribution in [0, 0.1) is 5.82 Å². The summed E-state index contributed by atoms with van der Waals surface area (Å²) in [5, 5.41) is 10.8. The minimum atomic E-state index is -0.462. The van der Waals surface area contributed by atoms with E-state index in [0.717, 1.165) is 29.4 Å². The first-order valence-corrected chi connectivity index (χ1v) is 9.34. The summed E-state index contributed by atoms with van der Waals surface area (Å²) in [4.78, 5) is 12.1. The van der Waals surface area contributed by atoms with Crippen LogP contribution in [0.1, 0.15) is 18.4 Å². The number of aryl methyl sites for hydroxylation is 1. The molecule has 1 amide bonds. The molecular formula is C19H18FN3O3S. The third kappa shape index (κ3) is 5.30. The van der Waals surface area contributed by atoms with Gasteiger partial charge in [-0.05, 0) is 30.2 Å². The molecule has 3 rings (SSSR count). The minimum absolute atomic E-state index is 0.0510. The lowest BCUT2D eigenvalue weighted by atomic mass is 10.1. The zero-order valence-corrected chi connectivity index (χ0v) is 15.5. The molecule has 0 radical (unpaired) electrons. The van der Waals surface area contributed by atoms with Crippen LogP contribution in [0.4, 0.5) is 10.1 Å². The SMILES string of the molecule is CCc1ccccc1NC(=O)CSc1nnc(COc2ccccc2F)o1. The van der Waals surface area contributed by atoms with Gasteiger partial charge in [0.2, 0.25) is 5.91 Å². The fourth-order valence-corrected chi connectivity index (χ4v) is 2.90. The molecular weight excluding hydrogens is 369 g/mol. The number of anilines is 1. The highest BCUT2D eigenvalue weighted by atomic mass is 32.2. The van der Waals surface area contributed by atoms with Crippen LogP contribution in [0.2, 0.25) is 0 Å². The highest BCUT2D eigenvalue weighted by molar-refractivity contribution is 7.99. The number of halogens is 1. The highest BCUT2D eigenvalue weighted by Gasteiger charge is 2.12. The summed E-state index contributed by atoms with van der Waals surface area (Å²) >= 11 is 1.12. The number of carbonyl (C=O) groups is 1. The topological polar surface area (TPSA) is 77.2 Å². The standard InChI is InChI=1S/C19H18FN3O3S/c1-2-13-7-3-5-9-15(13)21-17(24)12-27-19-23-22-18(26-19)11-25-16-10-6-4-8-14(16)20/h3-10H,2,11-12H2,1H3,(H,21,24). The average Bonchev–Trinajstić information content (AvgIpc) is 3.14. The number of nitrogens with one attached hydrogen (secondary N) is 1. The van der Waals surface area contributed by atoms with E-state index in [2.05, 4.69) is 15.5 Å². The molecule has 1 heterocycles. The summed E-state index contributed by atoms with van der Waals surface area (Å²) in [7, 11) is 0. The first kappa shape index (κ1) is 18.9. The van der Waals surface area contributed by atoms with Crippen LogP contribution in [0.3, 0.4) is 0 Å². The lowest BCUT2D eigenvalue weighted by Gasteiger charge is -2.08. The van der Waals surface area contributed by atoms with Crippen LogP contribution in [-0.4, -0.2) is 21.9 Å². The van der Waals surface area contributed by atoms with Gasteiger partial charge < -0.3 is 14.5 Å². The van der Waals surface area contributed by atoms with Gasteiger partial charge in [-0.25, -0.2) is 4.39 Å². The molecule has 1 N–H and O–H groups in total. The van der Waals surface area contributed by atoms with Crippen molar-refractivity contribution >= 4 is 23.4 Å². The molecule has 3 aromatic rings. The van der Waals surface area contributed by atoms with Gasteiger partial charge in [0.1, 0.15) is 0 Å². The normalized spacial score (nSPS) is 10.6. The number of benzene rings is 2. The lowest BCUT2D eigenvalue weighted by Crippen LogP contribution is -2.15. The van der Waals surface area contributed by atoms with Crippen molar-refractivity contribution in [1.82, 2.24) is 10.2 Å². The molecule has 1 aromatic heterocycles. The largest absolute Gasteiger partial charge is 0.481 e. The summed E-state index contributed by atoms with van der Waals surface area (Å²) in [5.74, 6) is -0.177. The number of amides is 1. The van der Waals surface area contributed by atoms with Gasteiger partial charge in [-0.15, -0.1) is 10.2 Å². The number of rotatable bonds is 8. The molecule has 140 valence electrons. The van der Waals surface area contributed by atoms with Crippen molar-refractivity contribution in [2.24, 2.45) is 0 Å². The Hall–Kier alpha value is -2.87. The molecule has 2 aromatic carbocycles. The lowest BCUT2D eigenvalue weighted by molar-refractivity contribution is -0.113. The Labute approximate surface area is 160 Å². The molecule has 0 fully saturated rings. The highest BCUT2D eigenvalue weighted by Crippen LogP contribution is 2.20. The summed E-state index contributed by atoms with van der Waals surface area (Å²) in [6.45, 7) is 1.98. The molecule has 0 aliphatic carbocycles. The summed E-state index contributed by atoms with van der Waals surface area (Å²) in [5.41, 5.74) is 1.87. The van der Waals surface area contributed by atoms with E-state index < -0.39 is 5.82 Å². The molecule has 0 aliphatic rings. The second-order valence-corrected chi connectivity index (χ2v) is 6.45. The third-order valence-electron chi connectivity index (χ3n) is 3.64. The van der Waals surface area contributed by atoms with Crippen molar-refractivity contribution in [1.29, 1.82) is 0 Å². The molecule has 0 unspecified atom stereocenters. The van der Waals surface area contributed by atoms with E-state index in [1.54, 1.807) is 12.1 Å². The van der Waals surface area contributed by atoms with Crippen molar-refractivity contribution in [2.45, 2.75) is 25.2 Å². The average molecular weight is 387 g/mol. The Morgan fingerprint density at radius 3 is 2.78 bits per heavy atom. The number of aromatic nitrogens is 2. The first-order chi connectivity index (χ1) is 13.2. The van der Waals surface area contributed by atoms with E-state index in [9.17, 15) is 9.18 Å². The van der Waals surface area contributed by atoms with Crippen molar-refractivity contribution < 1.29 is 18.3 Å². The predicted molar refractivity (Wildman–Crippen MR) is 100 cm³/mol. The summed E-state index contributed by atoms with van der Waals surface area (Å²) < 4.78 is 24.2. The van der Waals surface area contributed by atoms with Crippen LogP contribution >= 0.6 is 11.8 Å². The first-order valence-electron chi connectivity index (χ1n) is 8.36. The number of ether oxygens (including phenoxy) is 1. The molecule has 8 heteroatoms. The number of hydrogen-bond donors (Lipinski definition) is 1. The van der Waals surface area contributed by atoms with Crippen LogP contribution < -0.4 is 10.1 Å². The number of para-hydroxylation sites is 2. The maximum Gasteiger partial charge on any atom is 0.277 e. The molecule has 0 saturated heterocycles.